The molecule has 2 aromatic heterocycles. The van der Waals surface area contributed by atoms with Crippen molar-refractivity contribution in [2.75, 3.05) is 23.7 Å². The molecule has 0 aliphatic rings. The number of carboxylic acids is 2. The van der Waals surface area contributed by atoms with E-state index in [2.05, 4.69) is 95.1 Å². The summed E-state index contributed by atoms with van der Waals surface area (Å²) >= 11 is 0. The van der Waals surface area contributed by atoms with Crippen molar-refractivity contribution in [3.8, 4) is 0 Å². The molecule has 4 aromatic rings. The number of unbranched alkanes of at least 4 members (excludes halogenated alkanes) is 7. The second-order valence-corrected chi connectivity index (χ2v) is 10.4. The molecule has 2 aromatic carbocycles. The Labute approximate surface area is 249 Å². The van der Waals surface area contributed by atoms with Crippen molar-refractivity contribution in [2.24, 2.45) is 0 Å². The summed E-state index contributed by atoms with van der Waals surface area (Å²) in [6.45, 7) is 8.36. The number of carbonyl (C=O) groups is 2. The Kier molecular flexibility index (Phi) is 15.4. The van der Waals surface area contributed by atoms with Gasteiger partial charge in [0.25, 0.3) is 11.9 Å². The Morgan fingerprint density at radius 2 is 0.905 bits per heavy atom. The first-order chi connectivity index (χ1) is 20.2. The average molecular weight is 575 g/mol. The fourth-order valence-electron chi connectivity index (χ4n) is 4.66. The number of anilines is 2. The van der Waals surface area contributed by atoms with Gasteiger partial charge in [0, 0.05) is 60.5 Å². The number of hydrogen-bond acceptors (Lipinski definition) is 6. The molecule has 42 heavy (non-hydrogen) atoms. The van der Waals surface area contributed by atoms with Crippen molar-refractivity contribution < 1.29 is 19.8 Å². The lowest BCUT2D eigenvalue weighted by molar-refractivity contribution is -0.135. The molecule has 8 heteroatoms. The predicted molar refractivity (Wildman–Crippen MR) is 173 cm³/mol. The van der Waals surface area contributed by atoms with Crippen LogP contribution in [0.4, 0.5) is 11.4 Å². The molecule has 0 amide bonds. The fraction of sp³-hybridized carbons (Fsp3) is 0.412. The van der Waals surface area contributed by atoms with Gasteiger partial charge in [-0.15, -0.1) is 0 Å². The third-order valence-corrected chi connectivity index (χ3v) is 6.42. The van der Waals surface area contributed by atoms with Gasteiger partial charge in [-0.1, -0.05) is 74.9 Å². The highest BCUT2D eigenvalue weighted by molar-refractivity contribution is 5.92. The molecule has 2 heterocycles. The van der Waals surface area contributed by atoms with Gasteiger partial charge in [0.2, 0.25) is 0 Å². The minimum absolute atomic E-state index is 0.833. The van der Waals surface area contributed by atoms with Gasteiger partial charge in [0.15, 0.2) is 0 Å². The van der Waals surface area contributed by atoms with Crippen LogP contribution in [-0.4, -0.2) is 45.2 Å². The van der Waals surface area contributed by atoms with Gasteiger partial charge < -0.3 is 20.8 Å². The number of para-hydroxylation sites is 2. The Morgan fingerprint density at radius 1 is 0.595 bits per heavy atom. The lowest BCUT2D eigenvalue weighted by Crippen LogP contribution is -2.03. The fourth-order valence-corrected chi connectivity index (χ4v) is 4.66. The van der Waals surface area contributed by atoms with E-state index in [0.717, 1.165) is 49.4 Å². The van der Waals surface area contributed by atoms with E-state index in [0.29, 0.717) is 0 Å². The number of nitrogens with one attached hydrogen (secondary N) is 2. The van der Waals surface area contributed by atoms with E-state index in [4.69, 9.17) is 19.8 Å². The number of fused-ring (bicyclic) bond motifs is 2. The van der Waals surface area contributed by atoms with Crippen LogP contribution in [0.15, 0.2) is 60.7 Å². The number of hydrogen-bond donors (Lipinski definition) is 4. The zero-order chi connectivity index (χ0) is 30.7. The molecule has 0 radical (unpaired) electrons. The largest absolute Gasteiger partial charge is 0.481 e. The van der Waals surface area contributed by atoms with Crippen molar-refractivity contribution in [3.05, 3.63) is 72.1 Å². The van der Waals surface area contributed by atoms with E-state index in [1.807, 2.05) is 0 Å². The van der Waals surface area contributed by atoms with Crippen LogP contribution in [0, 0.1) is 13.8 Å². The molecule has 0 aliphatic carbocycles. The molecule has 0 saturated carbocycles. The van der Waals surface area contributed by atoms with Crippen molar-refractivity contribution in [1.29, 1.82) is 0 Å². The van der Waals surface area contributed by atoms with Crippen LogP contribution in [0.5, 0.6) is 0 Å². The minimum Gasteiger partial charge on any atom is -0.481 e. The van der Waals surface area contributed by atoms with Crippen LogP contribution in [-0.2, 0) is 9.59 Å². The van der Waals surface area contributed by atoms with Crippen LogP contribution in [0.3, 0.4) is 0 Å². The number of aryl methyl sites for hydroxylation is 2. The molecule has 4 N–H and O–H groups in total. The molecule has 0 fully saturated rings. The Hall–Kier alpha value is -4.20. The number of carboxylic acid groups (broad SMARTS) is 2. The molecule has 0 atom stereocenters. The molecule has 0 bridgehead atoms. The van der Waals surface area contributed by atoms with Crippen LogP contribution in [0.25, 0.3) is 21.8 Å². The summed E-state index contributed by atoms with van der Waals surface area (Å²) in [6, 6.07) is 21.1. The molecule has 226 valence electrons. The smallest absolute Gasteiger partial charge is 0.300 e. The normalized spacial score (nSPS) is 10.3. The van der Waals surface area contributed by atoms with E-state index < -0.39 is 11.9 Å². The minimum atomic E-state index is -0.833. The molecule has 0 unspecified atom stereocenters. The van der Waals surface area contributed by atoms with Crippen molar-refractivity contribution in [3.63, 3.8) is 0 Å². The lowest BCUT2D eigenvalue weighted by atomic mass is 10.1. The SMILES string of the molecule is CC(=O)O.CC(=O)O.Cc1cc(NCCCCCCCCCCNc2cc(C)nc3ccccc23)c2ccccc2n1. The third-order valence-electron chi connectivity index (χ3n) is 6.42. The first-order valence-corrected chi connectivity index (χ1v) is 14.8. The van der Waals surface area contributed by atoms with E-state index >= 15 is 0 Å². The maximum Gasteiger partial charge on any atom is 0.300 e. The zero-order valence-electron chi connectivity index (χ0n) is 25.4. The standard InChI is InChI=1S/C30H38N4.2C2H4O2/c1-23-21-29(25-15-9-11-17-27(25)33-23)31-19-13-7-5-3-4-6-8-14-20-32-30-22-24(2)34-28-18-12-10-16-26(28)30;2*1-2(3)4/h9-12,15-18,21-22H,3-8,13-14,19-20H2,1-2H3,(H,31,33)(H,32,34);2*1H3,(H,3,4). The summed E-state index contributed by atoms with van der Waals surface area (Å²) in [7, 11) is 0. The Balaban J connectivity index is 0.000000686. The monoisotopic (exact) mass is 574 g/mol. The highest BCUT2D eigenvalue weighted by Gasteiger charge is 2.04. The van der Waals surface area contributed by atoms with Crippen LogP contribution >= 0.6 is 0 Å². The lowest BCUT2D eigenvalue weighted by Gasteiger charge is -2.11. The number of aliphatic carboxylic acids is 2. The summed E-state index contributed by atoms with van der Waals surface area (Å²) in [6.07, 6.45) is 10.4. The first-order valence-electron chi connectivity index (χ1n) is 14.8. The van der Waals surface area contributed by atoms with Crippen LogP contribution < -0.4 is 10.6 Å². The van der Waals surface area contributed by atoms with E-state index in [1.165, 1.54) is 73.5 Å². The number of benzene rings is 2. The Morgan fingerprint density at radius 3 is 1.26 bits per heavy atom. The number of rotatable bonds is 13. The second kappa shape index (κ2) is 19.0. The molecule has 0 aliphatic heterocycles. The van der Waals surface area contributed by atoms with Gasteiger partial charge in [0.1, 0.15) is 0 Å². The topological polar surface area (TPSA) is 124 Å². The molecular formula is C34H46N4O4. The van der Waals surface area contributed by atoms with Gasteiger partial charge >= 0.3 is 0 Å². The van der Waals surface area contributed by atoms with Crippen molar-refractivity contribution in [2.45, 2.75) is 79.1 Å². The van der Waals surface area contributed by atoms with Gasteiger partial charge in [0.05, 0.1) is 11.0 Å². The van der Waals surface area contributed by atoms with Crippen LogP contribution in [0.2, 0.25) is 0 Å². The third kappa shape index (κ3) is 13.4. The summed E-state index contributed by atoms with van der Waals surface area (Å²) in [5.74, 6) is -1.67. The molecule has 4 rings (SSSR count). The maximum absolute atomic E-state index is 9.00. The van der Waals surface area contributed by atoms with Crippen LogP contribution in [0.1, 0.15) is 76.6 Å². The summed E-state index contributed by atoms with van der Waals surface area (Å²) < 4.78 is 0. The quantitative estimate of drug-likeness (QED) is 0.118. The van der Waals surface area contributed by atoms with E-state index in [-0.39, 0.29) is 0 Å². The van der Waals surface area contributed by atoms with Gasteiger partial charge in [-0.3, -0.25) is 19.6 Å². The highest BCUT2D eigenvalue weighted by Crippen LogP contribution is 2.24. The summed E-state index contributed by atoms with van der Waals surface area (Å²) in [4.78, 5) is 27.3. The van der Waals surface area contributed by atoms with Crippen molar-refractivity contribution in [1.82, 2.24) is 9.97 Å². The molecule has 0 spiro atoms. The number of pyridine rings is 2. The predicted octanol–water partition coefficient (Wildman–Crippen LogP) is 8.23. The summed E-state index contributed by atoms with van der Waals surface area (Å²) in [5, 5.41) is 24.5. The van der Waals surface area contributed by atoms with Gasteiger partial charge in [-0.25, -0.2) is 0 Å². The highest BCUT2D eigenvalue weighted by atomic mass is 16.4. The number of nitrogens with zero attached hydrogens (tertiary/aromatic N) is 2. The van der Waals surface area contributed by atoms with Crippen molar-refractivity contribution >= 4 is 45.1 Å². The van der Waals surface area contributed by atoms with Gasteiger partial charge in [-0.05, 0) is 51.0 Å². The zero-order valence-corrected chi connectivity index (χ0v) is 25.4. The average Bonchev–Trinajstić information content (AvgIpc) is 2.92. The van der Waals surface area contributed by atoms with E-state index in [1.54, 1.807) is 0 Å². The van der Waals surface area contributed by atoms with E-state index in [9.17, 15) is 0 Å². The number of aromatic nitrogens is 2. The Bertz CT molecular complexity index is 1290. The first kappa shape index (κ1) is 34.0. The second-order valence-electron chi connectivity index (χ2n) is 10.4. The molecule has 0 saturated heterocycles. The summed E-state index contributed by atoms with van der Waals surface area (Å²) in [5.41, 5.74) is 6.72. The molecule has 8 nitrogen and oxygen atoms in total. The van der Waals surface area contributed by atoms with Gasteiger partial charge in [-0.2, -0.15) is 0 Å². The molecular weight excluding hydrogens is 528 g/mol. The maximum atomic E-state index is 9.00.